The predicted octanol–water partition coefficient (Wildman–Crippen LogP) is 3.33. The highest BCUT2D eigenvalue weighted by Gasteiger charge is 2.20. The Labute approximate surface area is 134 Å². The van der Waals surface area contributed by atoms with Gasteiger partial charge in [-0.05, 0) is 24.5 Å². The molecule has 2 aromatic rings. The van der Waals surface area contributed by atoms with Gasteiger partial charge in [0.25, 0.3) is 5.91 Å². The van der Waals surface area contributed by atoms with Crippen LogP contribution in [0.3, 0.4) is 0 Å². The summed E-state index contributed by atoms with van der Waals surface area (Å²) in [5, 5.41) is 2.95. The second kappa shape index (κ2) is 6.94. The van der Waals surface area contributed by atoms with E-state index in [1.807, 2.05) is 36.4 Å². The number of nitrogens with one attached hydrogen (secondary N) is 1. The molecule has 1 amide bonds. The van der Waals surface area contributed by atoms with Gasteiger partial charge in [0, 0.05) is 18.0 Å². The van der Waals surface area contributed by atoms with Crippen LogP contribution in [0.15, 0.2) is 36.4 Å². The quantitative estimate of drug-likeness (QED) is 0.920. The largest absolute Gasteiger partial charge is 0.495 e. The molecule has 1 fully saturated rings. The first kappa shape index (κ1) is 15.1. The number of carbonyl (C=O) groups excluding carboxylic acids is 1. The summed E-state index contributed by atoms with van der Waals surface area (Å²) in [6.07, 6.45) is 2.22. The molecule has 1 saturated heterocycles. The molecule has 3 rings (SSSR count). The van der Waals surface area contributed by atoms with Crippen molar-refractivity contribution >= 4 is 17.2 Å². The molecule has 5 heteroatoms. The number of hydrogen-bond donors (Lipinski definition) is 1. The molecule has 0 radical (unpaired) electrons. The Morgan fingerprint density at radius 1 is 1.41 bits per heavy atom. The van der Waals surface area contributed by atoms with Crippen molar-refractivity contribution in [3.05, 3.63) is 41.3 Å². The summed E-state index contributed by atoms with van der Waals surface area (Å²) in [6.45, 7) is 1.35. The van der Waals surface area contributed by atoms with E-state index in [4.69, 9.17) is 9.47 Å². The van der Waals surface area contributed by atoms with Gasteiger partial charge in [-0.3, -0.25) is 4.79 Å². The van der Waals surface area contributed by atoms with Crippen molar-refractivity contribution < 1.29 is 14.3 Å². The molecule has 1 aromatic carbocycles. The van der Waals surface area contributed by atoms with Gasteiger partial charge in [-0.25, -0.2) is 0 Å². The second-order valence-corrected chi connectivity index (χ2v) is 6.27. The smallest absolute Gasteiger partial charge is 0.265 e. The summed E-state index contributed by atoms with van der Waals surface area (Å²) >= 11 is 1.45. The number of methoxy groups -OCH3 is 1. The van der Waals surface area contributed by atoms with Crippen LogP contribution in [0.1, 0.15) is 22.5 Å². The van der Waals surface area contributed by atoms with Crippen LogP contribution in [0, 0.1) is 0 Å². The fourth-order valence-electron chi connectivity index (χ4n) is 2.52. The van der Waals surface area contributed by atoms with Gasteiger partial charge >= 0.3 is 0 Å². The predicted molar refractivity (Wildman–Crippen MR) is 87.6 cm³/mol. The maximum absolute atomic E-state index is 12.4. The molecule has 4 nitrogen and oxygen atoms in total. The van der Waals surface area contributed by atoms with Crippen molar-refractivity contribution in [2.75, 3.05) is 20.3 Å². The first-order valence-electron chi connectivity index (χ1n) is 7.41. The molecule has 0 saturated carbocycles. The summed E-state index contributed by atoms with van der Waals surface area (Å²) in [4.78, 5) is 14.0. The van der Waals surface area contributed by atoms with Crippen LogP contribution in [-0.4, -0.2) is 32.3 Å². The van der Waals surface area contributed by atoms with Crippen molar-refractivity contribution in [3.63, 3.8) is 0 Å². The average molecular weight is 317 g/mol. The van der Waals surface area contributed by atoms with E-state index in [9.17, 15) is 4.79 Å². The Morgan fingerprint density at radius 2 is 2.23 bits per heavy atom. The molecule has 22 heavy (non-hydrogen) atoms. The molecular weight excluding hydrogens is 298 g/mol. The first-order valence-corrected chi connectivity index (χ1v) is 8.22. The van der Waals surface area contributed by atoms with Gasteiger partial charge in [-0.15, -0.1) is 11.3 Å². The maximum atomic E-state index is 12.4. The molecule has 0 unspecified atom stereocenters. The number of carbonyl (C=O) groups is 1. The van der Waals surface area contributed by atoms with E-state index >= 15 is 0 Å². The maximum Gasteiger partial charge on any atom is 0.265 e. The zero-order valence-corrected chi connectivity index (χ0v) is 13.3. The standard InChI is InChI=1S/C17H19NO3S/c1-20-14-10-15(12-6-3-2-4-7-12)22-16(14)17(19)18-11-13-8-5-9-21-13/h2-4,6-7,10,13H,5,8-9,11H2,1H3,(H,18,19)/t13-/m0/s1. The number of amides is 1. The minimum Gasteiger partial charge on any atom is -0.495 e. The Kier molecular flexibility index (Phi) is 4.75. The molecule has 2 heterocycles. The van der Waals surface area contributed by atoms with E-state index in [1.54, 1.807) is 7.11 Å². The Morgan fingerprint density at radius 3 is 2.91 bits per heavy atom. The van der Waals surface area contributed by atoms with E-state index in [1.165, 1.54) is 11.3 Å². The highest BCUT2D eigenvalue weighted by molar-refractivity contribution is 7.17. The van der Waals surface area contributed by atoms with Crippen molar-refractivity contribution in [1.29, 1.82) is 0 Å². The molecule has 1 aromatic heterocycles. The first-order chi connectivity index (χ1) is 10.8. The number of thiophene rings is 1. The molecule has 1 N–H and O–H groups in total. The lowest BCUT2D eigenvalue weighted by molar-refractivity contribution is 0.0859. The zero-order chi connectivity index (χ0) is 15.4. The molecular formula is C17H19NO3S. The Balaban J connectivity index is 1.74. The SMILES string of the molecule is COc1cc(-c2ccccc2)sc1C(=O)NC[C@@H]1CCCO1. The summed E-state index contributed by atoms with van der Waals surface area (Å²) in [6, 6.07) is 11.9. The summed E-state index contributed by atoms with van der Waals surface area (Å²) < 4.78 is 10.9. The van der Waals surface area contributed by atoms with Gasteiger partial charge < -0.3 is 14.8 Å². The summed E-state index contributed by atoms with van der Waals surface area (Å²) in [7, 11) is 1.59. The monoisotopic (exact) mass is 317 g/mol. The van der Waals surface area contributed by atoms with Crippen LogP contribution in [0.5, 0.6) is 5.75 Å². The topological polar surface area (TPSA) is 47.6 Å². The van der Waals surface area contributed by atoms with Crippen LogP contribution in [0.4, 0.5) is 0 Å². The van der Waals surface area contributed by atoms with Crippen molar-refractivity contribution in [1.82, 2.24) is 5.32 Å². The number of hydrogen-bond acceptors (Lipinski definition) is 4. The van der Waals surface area contributed by atoms with E-state index < -0.39 is 0 Å². The third kappa shape index (κ3) is 3.31. The van der Waals surface area contributed by atoms with Gasteiger partial charge in [0.15, 0.2) is 0 Å². The van der Waals surface area contributed by atoms with Crippen LogP contribution in [0.25, 0.3) is 10.4 Å². The highest BCUT2D eigenvalue weighted by Crippen LogP contribution is 2.36. The zero-order valence-electron chi connectivity index (χ0n) is 12.5. The summed E-state index contributed by atoms with van der Waals surface area (Å²) in [5.41, 5.74) is 1.09. The van der Waals surface area contributed by atoms with Gasteiger partial charge in [0.2, 0.25) is 0 Å². The van der Waals surface area contributed by atoms with Crippen molar-refractivity contribution in [3.8, 4) is 16.2 Å². The minimum atomic E-state index is -0.0977. The van der Waals surface area contributed by atoms with Crippen molar-refractivity contribution in [2.45, 2.75) is 18.9 Å². The lowest BCUT2D eigenvalue weighted by Crippen LogP contribution is -2.31. The fraction of sp³-hybridized carbons (Fsp3) is 0.353. The van der Waals surface area contributed by atoms with Crippen LogP contribution >= 0.6 is 11.3 Å². The third-order valence-electron chi connectivity index (χ3n) is 3.70. The summed E-state index contributed by atoms with van der Waals surface area (Å²) in [5.74, 6) is 0.522. The molecule has 0 spiro atoms. The molecule has 0 bridgehead atoms. The molecule has 116 valence electrons. The van der Waals surface area contributed by atoms with Crippen LogP contribution < -0.4 is 10.1 Å². The lowest BCUT2D eigenvalue weighted by Gasteiger charge is -2.10. The number of rotatable bonds is 5. The van der Waals surface area contributed by atoms with E-state index in [0.29, 0.717) is 17.2 Å². The van der Waals surface area contributed by atoms with Gasteiger partial charge in [-0.2, -0.15) is 0 Å². The third-order valence-corrected chi connectivity index (χ3v) is 4.86. The molecule has 1 atom stereocenters. The molecule has 1 aliphatic heterocycles. The van der Waals surface area contributed by atoms with Gasteiger partial charge in [0.05, 0.1) is 13.2 Å². The van der Waals surface area contributed by atoms with Crippen molar-refractivity contribution in [2.24, 2.45) is 0 Å². The van der Waals surface area contributed by atoms with Gasteiger partial charge in [-0.1, -0.05) is 30.3 Å². The number of benzene rings is 1. The van der Waals surface area contributed by atoms with Crippen LogP contribution in [0.2, 0.25) is 0 Å². The van der Waals surface area contributed by atoms with E-state index in [2.05, 4.69) is 5.32 Å². The number of ether oxygens (including phenoxy) is 2. The normalized spacial score (nSPS) is 17.4. The van der Waals surface area contributed by atoms with E-state index in [-0.39, 0.29) is 12.0 Å². The van der Waals surface area contributed by atoms with E-state index in [0.717, 1.165) is 29.9 Å². The molecule has 0 aliphatic carbocycles. The second-order valence-electron chi connectivity index (χ2n) is 5.22. The Hall–Kier alpha value is -1.85. The van der Waals surface area contributed by atoms with Gasteiger partial charge in [0.1, 0.15) is 10.6 Å². The fourth-order valence-corrected chi connectivity index (χ4v) is 3.57. The van der Waals surface area contributed by atoms with Crippen LogP contribution in [-0.2, 0) is 4.74 Å². The minimum absolute atomic E-state index is 0.0977. The average Bonchev–Trinajstić information content (AvgIpc) is 3.22. The highest BCUT2D eigenvalue weighted by atomic mass is 32.1. The Bertz CT molecular complexity index is 633. The lowest BCUT2D eigenvalue weighted by atomic mass is 10.2. The molecule has 1 aliphatic rings.